The lowest BCUT2D eigenvalue weighted by Gasteiger charge is -2.09. The van der Waals surface area contributed by atoms with Crippen molar-refractivity contribution >= 4 is 5.97 Å². The maximum absolute atomic E-state index is 11.0. The largest absolute Gasteiger partial charge is 0.616 e. The highest BCUT2D eigenvalue weighted by Gasteiger charge is 2.11. The summed E-state index contributed by atoms with van der Waals surface area (Å²) in [7, 11) is 2.57. The predicted octanol–water partition coefficient (Wildman–Crippen LogP) is -0.126. The van der Waals surface area contributed by atoms with E-state index in [0.717, 1.165) is 0 Å². The van der Waals surface area contributed by atoms with Crippen molar-refractivity contribution < 1.29 is 19.4 Å². The van der Waals surface area contributed by atoms with Crippen molar-refractivity contribution in [2.75, 3.05) is 14.2 Å². The van der Waals surface area contributed by atoms with Gasteiger partial charge in [-0.25, -0.2) is 4.79 Å². The Morgan fingerprint density at radius 3 is 2.54 bits per heavy atom. The van der Waals surface area contributed by atoms with E-state index in [2.05, 4.69) is 9.47 Å². The number of hydrogen-bond donors (Lipinski definition) is 0. The molecule has 4 nitrogen and oxygen atoms in total. The molecule has 0 unspecified atom stereocenters. The van der Waals surface area contributed by atoms with Crippen LogP contribution in [0.3, 0.4) is 0 Å². The molecule has 0 aromatic carbocycles. The molecule has 13 heavy (non-hydrogen) atoms. The van der Waals surface area contributed by atoms with E-state index in [0.29, 0.717) is 11.1 Å². The maximum atomic E-state index is 11.0. The van der Waals surface area contributed by atoms with Crippen LogP contribution in [-0.2, 0) is 14.3 Å². The lowest BCUT2D eigenvalue weighted by atomic mass is 10.3. The minimum Gasteiger partial charge on any atom is -0.616 e. The molecule has 0 spiro atoms. The highest BCUT2D eigenvalue weighted by molar-refractivity contribution is 5.93. The zero-order valence-corrected chi connectivity index (χ0v) is 7.37. The predicted molar refractivity (Wildman–Crippen MR) is 43.3 cm³/mol. The second kappa shape index (κ2) is 3.80. The van der Waals surface area contributed by atoms with Crippen LogP contribution in [0.25, 0.3) is 0 Å². The monoisotopic (exact) mass is 181 g/mol. The van der Waals surface area contributed by atoms with Gasteiger partial charge in [0.2, 0.25) is 0 Å². The van der Waals surface area contributed by atoms with Gasteiger partial charge in [0.1, 0.15) is 0 Å². The zero-order valence-electron chi connectivity index (χ0n) is 7.37. The van der Waals surface area contributed by atoms with Crippen LogP contribution >= 0.6 is 0 Å². The van der Waals surface area contributed by atoms with Crippen molar-refractivity contribution in [1.82, 2.24) is 0 Å². The number of allylic oxidation sites excluding steroid dienone is 3. The molecule has 70 valence electrons. The van der Waals surface area contributed by atoms with Gasteiger partial charge in [0.15, 0.2) is 0 Å². The van der Waals surface area contributed by atoms with Gasteiger partial charge in [0, 0.05) is 0 Å². The summed E-state index contributed by atoms with van der Waals surface area (Å²) < 4.78 is 8.94. The van der Waals surface area contributed by atoms with E-state index < -0.39 is 11.9 Å². The van der Waals surface area contributed by atoms with Gasteiger partial charge in [-0.1, -0.05) is 6.08 Å². The molecule has 0 N–H and O–H groups in total. The number of carbonyl (C=O) groups excluding carboxylic acids is 1. The second-order valence-corrected chi connectivity index (χ2v) is 2.37. The molecule has 4 heteroatoms. The summed E-state index contributed by atoms with van der Waals surface area (Å²) in [5, 5.41) is 11.0. The zero-order chi connectivity index (χ0) is 9.84. The summed E-state index contributed by atoms with van der Waals surface area (Å²) in [6, 6.07) is 0. The fraction of sp³-hybridized carbons (Fsp3) is 0.222. The summed E-state index contributed by atoms with van der Waals surface area (Å²) in [5.74, 6) is -0.926. The first-order chi connectivity index (χ1) is 6.19. The SMILES string of the molecule is COC(=O)C1=C/C(=C(\[O-])OC)C=C1. The molecule has 0 radical (unpaired) electrons. The highest BCUT2D eigenvalue weighted by atomic mass is 16.6. The molecule has 0 saturated heterocycles. The molecular formula is C9H9O4-. The standard InChI is InChI=1S/C9H10O4/c1-12-8(10)6-3-4-7(5-6)9(11)13-2/h3-5,10H,1-2H3/p-1/b8-6+. The van der Waals surface area contributed by atoms with Crippen molar-refractivity contribution in [2.24, 2.45) is 0 Å². The molecule has 0 aliphatic heterocycles. The van der Waals surface area contributed by atoms with Crippen LogP contribution in [0.5, 0.6) is 0 Å². The average Bonchev–Trinajstić information content (AvgIpc) is 2.64. The minimum absolute atomic E-state index is 0.350. The molecule has 0 atom stereocenters. The third-order valence-electron chi connectivity index (χ3n) is 1.60. The molecular weight excluding hydrogens is 172 g/mol. The Morgan fingerprint density at radius 2 is 2.00 bits per heavy atom. The lowest BCUT2D eigenvalue weighted by molar-refractivity contribution is -0.354. The van der Waals surface area contributed by atoms with E-state index >= 15 is 0 Å². The van der Waals surface area contributed by atoms with E-state index in [1.807, 2.05) is 0 Å². The number of esters is 1. The van der Waals surface area contributed by atoms with Gasteiger partial charge in [-0.2, -0.15) is 0 Å². The lowest BCUT2D eigenvalue weighted by Crippen LogP contribution is -2.07. The van der Waals surface area contributed by atoms with Crippen molar-refractivity contribution in [3.05, 3.63) is 35.3 Å². The van der Waals surface area contributed by atoms with Crippen LogP contribution in [0, 0.1) is 0 Å². The molecule has 0 aromatic rings. The van der Waals surface area contributed by atoms with Crippen LogP contribution in [0.2, 0.25) is 0 Å². The summed E-state index contributed by atoms with van der Waals surface area (Å²) >= 11 is 0. The Morgan fingerprint density at radius 1 is 1.31 bits per heavy atom. The Labute approximate surface area is 75.8 Å². The molecule has 0 saturated carbocycles. The van der Waals surface area contributed by atoms with Crippen molar-refractivity contribution in [3.8, 4) is 0 Å². The molecule has 1 aliphatic carbocycles. The van der Waals surface area contributed by atoms with E-state index in [1.54, 1.807) is 0 Å². The number of rotatable bonds is 2. The molecule has 1 rings (SSSR count). The quantitative estimate of drug-likeness (QED) is 0.440. The first-order valence-corrected chi connectivity index (χ1v) is 3.62. The van der Waals surface area contributed by atoms with Crippen LogP contribution in [0.15, 0.2) is 35.3 Å². The van der Waals surface area contributed by atoms with Gasteiger partial charge in [-0.15, -0.1) is 0 Å². The van der Waals surface area contributed by atoms with Gasteiger partial charge in [0.25, 0.3) is 0 Å². The molecule has 0 heterocycles. The van der Waals surface area contributed by atoms with E-state index in [4.69, 9.17) is 0 Å². The topological polar surface area (TPSA) is 58.6 Å². The van der Waals surface area contributed by atoms with Crippen molar-refractivity contribution in [1.29, 1.82) is 0 Å². The average molecular weight is 181 g/mol. The molecule has 0 fully saturated rings. The smallest absolute Gasteiger partial charge is 0.337 e. The summed E-state index contributed by atoms with van der Waals surface area (Å²) in [5.41, 5.74) is 0.700. The minimum atomic E-state index is -0.463. The van der Waals surface area contributed by atoms with Crippen LogP contribution in [0.1, 0.15) is 0 Å². The molecule has 0 aromatic heterocycles. The normalized spacial score (nSPS) is 18.2. The molecule has 0 amide bonds. The van der Waals surface area contributed by atoms with Gasteiger partial charge < -0.3 is 14.6 Å². The Kier molecular flexibility index (Phi) is 2.74. The first kappa shape index (κ1) is 9.38. The van der Waals surface area contributed by atoms with Gasteiger partial charge in [-0.3, -0.25) is 0 Å². The highest BCUT2D eigenvalue weighted by Crippen LogP contribution is 2.17. The second-order valence-electron chi connectivity index (χ2n) is 2.37. The van der Waals surface area contributed by atoms with E-state index in [1.165, 1.54) is 32.4 Å². The Hall–Kier alpha value is -1.71. The molecule has 1 aliphatic rings. The number of methoxy groups -OCH3 is 2. The number of ether oxygens (including phenoxy) is 2. The molecule has 0 bridgehead atoms. The maximum Gasteiger partial charge on any atom is 0.337 e. The van der Waals surface area contributed by atoms with Gasteiger partial charge >= 0.3 is 5.97 Å². The number of carbonyl (C=O) groups is 1. The summed E-state index contributed by atoms with van der Waals surface area (Å²) in [4.78, 5) is 11.0. The summed E-state index contributed by atoms with van der Waals surface area (Å²) in [6.07, 6.45) is 4.45. The van der Waals surface area contributed by atoms with E-state index in [-0.39, 0.29) is 0 Å². The Bertz CT molecular complexity index is 310. The third-order valence-corrected chi connectivity index (χ3v) is 1.60. The van der Waals surface area contributed by atoms with Gasteiger partial charge in [0.05, 0.1) is 18.6 Å². The van der Waals surface area contributed by atoms with Crippen LogP contribution < -0.4 is 5.11 Å². The van der Waals surface area contributed by atoms with E-state index in [9.17, 15) is 9.90 Å². The fourth-order valence-corrected chi connectivity index (χ4v) is 0.933. The van der Waals surface area contributed by atoms with Crippen LogP contribution in [0.4, 0.5) is 0 Å². The third kappa shape index (κ3) is 1.90. The van der Waals surface area contributed by atoms with Crippen molar-refractivity contribution in [3.63, 3.8) is 0 Å². The number of hydrogen-bond acceptors (Lipinski definition) is 4. The van der Waals surface area contributed by atoms with Crippen LogP contribution in [-0.4, -0.2) is 20.2 Å². The van der Waals surface area contributed by atoms with Gasteiger partial charge in [-0.05, 0) is 24.8 Å². The first-order valence-electron chi connectivity index (χ1n) is 3.62. The fourth-order valence-electron chi connectivity index (χ4n) is 0.933. The Balaban J connectivity index is 2.88. The van der Waals surface area contributed by atoms with Crippen molar-refractivity contribution in [2.45, 2.75) is 0 Å². The summed E-state index contributed by atoms with van der Waals surface area (Å²) in [6.45, 7) is 0.